The highest BCUT2D eigenvalue weighted by Gasteiger charge is 2.27. The minimum absolute atomic E-state index is 0.0270. The van der Waals surface area contributed by atoms with Crippen molar-refractivity contribution in [2.75, 3.05) is 14.2 Å². The summed E-state index contributed by atoms with van der Waals surface area (Å²) in [6, 6.07) is 3.16. The van der Waals surface area contributed by atoms with E-state index in [0.29, 0.717) is 5.56 Å². The lowest BCUT2D eigenvalue weighted by Gasteiger charge is -2.19. The molecule has 0 aromatic heterocycles. The predicted molar refractivity (Wildman–Crippen MR) is 104 cm³/mol. The van der Waals surface area contributed by atoms with E-state index in [2.05, 4.69) is 15.1 Å². The first-order valence-electron chi connectivity index (χ1n) is 9.27. The van der Waals surface area contributed by atoms with Crippen LogP contribution in [0.25, 0.3) is 22.9 Å². The molecule has 0 unspecified atom stereocenters. The first-order chi connectivity index (χ1) is 13.9. The van der Waals surface area contributed by atoms with Crippen LogP contribution >= 0.6 is 0 Å². The average molecular weight is 399 g/mol. The van der Waals surface area contributed by atoms with Gasteiger partial charge in [-0.3, -0.25) is 9.36 Å². The molecule has 1 saturated carbocycles. The van der Waals surface area contributed by atoms with Crippen LogP contribution in [0.4, 0.5) is 0 Å². The number of nitrogens with zero attached hydrogens (tertiary/aromatic N) is 5. The summed E-state index contributed by atoms with van der Waals surface area (Å²) in [6.07, 6.45) is 3.83. The topological polar surface area (TPSA) is 121 Å². The van der Waals surface area contributed by atoms with Gasteiger partial charge in [-0.15, -0.1) is 0 Å². The van der Waals surface area contributed by atoms with Crippen LogP contribution in [0.5, 0.6) is 17.2 Å². The van der Waals surface area contributed by atoms with E-state index >= 15 is 0 Å². The molecule has 152 valence electrons. The van der Waals surface area contributed by atoms with Gasteiger partial charge in [-0.05, 0) is 25.0 Å². The molecule has 0 saturated heterocycles. The number of hydrogen-bond donors (Lipinski definition) is 1. The van der Waals surface area contributed by atoms with Gasteiger partial charge in [0.15, 0.2) is 28.8 Å². The van der Waals surface area contributed by atoms with Gasteiger partial charge in [-0.25, -0.2) is 14.5 Å². The summed E-state index contributed by atoms with van der Waals surface area (Å²) >= 11 is 0. The number of aromatic nitrogens is 5. The molecule has 1 aliphatic carbocycles. The maximum absolute atomic E-state index is 12.7. The van der Waals surface area contributed by atoms with Crippen molar-refractivity contribution >= 4 is 0 Å². The number of phenols is 1. The number of benzene rings is 1. The van der Waals surface area contributed by atoms with Gasteiger partial charge >= 0.3 is 5.69 Å². The highest BCUT2D eigenvalue weighted by atomic mass is 16.5. The standard InChI is InChI=1S/C19H21N5O5/c1-23-18(26)14-17(21-19(23)27)24(11-6-4-5-7-11)22-16(20-14)10-8-12(28-2)15(25)13(9-10)29-3/h8-9,11,25H,4-7H2,1-3H3. The number of hydrogen-bond acceptors (Lipinski definition) is 8. The fourth-order valence-corrected chi connectivity index (χ4v) is 3.64. The van der Waals surface area contributed by atoms with Crippen molar-refractivity contribution in [2.24, 2.45) is 7.05 Å². The fourth-order valence-electron chi connectivity index (χ4n) is 3.64. The van der Waals surface area contributed by atoms with E-state index in [4.69, 9.17) is 9.47 Å². The van der Waals surface area contributed by atoms with E-state index in [1.165, 1.54) is 21.3 Å². The molecule has 29 heavy (non-hydrogen) atoms. The lowest BCUT2D eigenvalue weighted by atomic mass is 10.1. The molecule has 2 heterocycles. The molecule has 10 heteroatoms. The first-order valence-corrected chi connectivity index (χ1v) is 9.27. The molecular formula is C19H21N5O5. The van der Waals surface area contributed by atoms with E-state index < -0.39 is 11.2 Å². The lowest BCUT2D eigenvalue weighted by molar-refractivity contribution is 0.340. The van der Waals surface area contributed by atoms with Crippen LogP contribution < -0.4 is 20.7 Å². The second kappa shape index (κ2) is 7.19. The van der Waals surface area contributed by atoms with Gasteiger partial charge in [0, 0.05) is 12.6 Å². The summed E-state index contributed by atoms with van der Waals surface area (Å²) in [5.74, 6) is 0.676. The Balaban J connectivity index is 2.02. The molecule has 4 rings (SSSR count). The molecule has 3 aliphatic rings. The van der Waals surface area contributed by atoms with Gasteiger partial charge in [0.2, 0.25) is 5.75 Å². The summed E-state index contributed by atoms with van der Waals surface area (Å²) in [4.78, 5) is 33.3. The number of aromatic hydroxyl groups is 1. The van der Waals surface area contributed by atoms with Crippen molar-refractivity contribution in [1.29, 1.82) is 0 Å². The second-order valence-electron chi connectivity index (χ2n) is 6.98. The quantitative estimate of drug-likeness (QED) is 0.698. The van der Waals surface area contributed by atoms with Crippen molar-refractivity contribution in [3.8, 4) is 40.2 Å². The molecule has 1 aromatic rings. The normalized spacial score (nSPS) is 14.4. The van der Waals surface area contributed by atoms with Crippen molar-refractivity contribution in [3.05, 3.63) is 33.0 Å². The summed E-state index contributed by atoms with van der Waals surface area (Å²) in [6.45, 7) is 0. The largest absolute Gasteiger partial charge is 0.502 e. The van der Waals surface area contributed by atoms with Gasteiger partial charge in [0.05, 0.1) is 20.3 Å². The SMILES string of the molecule is COc1cc(-c2nc3c(=O)n(C)c(=O)nc-3n(C3CCCC3)n2)cc(OC)c1O. The summed E-state index contributed by atoms with van der Waals surface area (Å²) in [5, 5.41) is 14.8. The van der Waals surface area contributed by atoms with Crippen molar-refractivity contribution in [1.82, 2.24) is 24.3 Å². The molecule has 1 fully saturated rings. The summed E-state index contributed by atoms with van der Waals surface area (Å²) in [7, 11) is 4.22. The molecule has 2 aliphatic heterocycles. The molecule has 0 amide bonds. The Morgan fingerprint density at radius 1 is 1.07 bits per heavy atom. The lowest BCUT2D eigenvalue weighted by Crippen LogP contribution is -2.37. The van der Waals surface area contributed by atoms with Crippen LogP contribution in [0, 0.1) is 0 Å². The molecule has 0 spiro atoms. The van der Waals surface area contributed by atoms with Crippen LogP contribution in [0.2, 0.25) is 0 Å². The van der Waals surface area contributed by atoms with E-state index in [1.807, 2.05) is 0 Å². The zero-order valence-corrected chi connectivity index (χ0v) is 16.4. The number of methoxy groups -OCH3 is 2. The highest BCUT2D eigenvalue weighted by Crippen LogP contribution is 2.40. The number of fused-ring (bicyclic) bond motifs is 1. The molecule has 1 N–H and O–H groups in total. The van der Waals surface area contributed by atoms with Gasteiger partial charge in [0.1, 0.15) is 0 Å². The van der Waals surface area contributed by atoms with Gasteiger partial charge in [0.25, 0.3) is 5.56 Å². The van der Waals surface area contributed by atoms with Gasteiger partial charge in [-0.2, -0.15) is 10.1 Å². The Bertz CT molecular complexity index is 1140. The van der Waals surface area contributed by atoms with Crippen molar-refractivity contribution in [2.45, 2.75) is 31.7 Å². The van der Waals surface area contributed by atoms with E-state index in [-0.39, 0.29) is 40.6 Å². The van der Waals surface area contributed by atoms with Crippen LogP contribution in [-0.2, 0) is 7.05 Å². The summed E-state index contributed by atoms with van der Waals surface area (Å²) in [5.41, 5.74) is -0.611. The zero-order valence-electron chi connectivity index (χ0n) is 16.4. The molecule has 0 atom stereocenters. The average Bonchev–Trinajstić information content (AvgIpc) is 3.26. The maximum atomic E-state index is 12.7. The molecule has 10 nitrogen and oxygen atoms in total. The maximum Gasteiger partial charge on any atom is 0.352 e. The molecule has 0 bridgehead atoms. The van der Waals surface area contributed by atoms with Crippen molar-refractivity contribution < 1.29 is 14.6 Å². The predicted octanol–water partition coefficient (Wildman–Crippen LogP) is 1.34. The Labute approximate surface area is 165 Å². The highest BCUT2D eigenvalue weighted by molar-refractivity contribution is 5.67. The van der Waals surface area contributed by atoms with Crippen molar-refractivity contribution in [3.63, 3.8) is 0 Å². The Kier molecular flexibility index (Phi) is 4.69. The van der Waals surface area contributed by atoms with Crippen LogP contribution in [0.15, 0.2) is 21.7 Å². The minimum atomic E-state index is -0.640. The van der Waals surface area contributed by atoms with Gasteiger partial charge < -0.3 is 14.6 Å². The number of rotatable bonds is 4. The molecular weight excluding hydrogens is 378 g/mol. The zero-order chi connectivity index (χ0) is 20.7. The third-order valence-electron chi connectivity index (χ3n) is 5.25. The second-order valence-corrected chi connectivity index (χ2v) is 6.98. The third kappa shape index (κ3) is 3.10. The Hall–Kier alpha value is -3.43. The smallest absolute Gasteiger partial charge is 0.352 e. The van der Waals surface area contributed by atoms with Crippen LogP contribution in [0.1, 0.15) is 31.7 Å². The van der Waals surface area contributed by atoms with Gasteiger partial charge in [-0.1, -0.05) is 12.8 Å². The van der Waals surface area contributed by atoms with E-state index in [9.17, 15) is 14.7 Å². The van der Waals surface area contributed by atoms with Crippen LogP contribution in [0.3, 0.4) is 0 Å². The monoisotopic (exact) mass is 399 g/mol. The first kappa shape index (κ1) is 18.9. The van der Waals surface area contributed by atoms with Crippen LogP contribution in [-0.4, -0.2) is 43.6 Å². The summed E-state index contributed by atoms with van der Waals surface area (Å²) < 4.78 is 13.0. The number of ether oxygens (including phenoxy) is 2. The number of phenolic OH excluding ortho intramolecular Hbond substituents is 1. The van der Waals surface area contributed by atoms with E-state index in [0.717, 1.165) is 30.3 Å². The Morgan fingerprint density at radius 2 is 1.69 bits per heavy atom. The van der Waals surface area contributed by atoms with E-state index in [1.54, 1.807) is 16.8 Å². The third-order valence-corrected chi connectivity index (χ3v) is 5.25. The molecule has 0 radical (unpaired) electrons. The minimum Gasteiger partial charge on any atom is -0.502 e. The Morgan fingerprint density at radius 3 is 2.28 bits per heavy atom. The fraction of sp³-hybridized carbons (Fsp3) is 0.421. The molecule has 1 aromatic carbocycles.